The Kier molecular flexibility index (Phi) is 4.87. The van der Waals surface area contributed by atoms with Gasteiger partial charge in [0.15, 0.2) is 11.5 Å². The Morgan fingerprint density at radius 1 is 1.19 bits per heavy atom. The molecular formula is C20H17N3O2S2. The van der Waals surface area contributed by atoms with Gasteiger partial charge < -0.3 is 9.84 Å². The molecule has 3 heterocycles. The maximum atomic E-state index is 12.4. The average molecular weight is 396 g/mol. The van der Waals surface area contributed by atoms with Gasteiger partial charge in [-0.25, -0.2) is 4.98 Å². The van der Waals surface area contributed by atoms with Crippen molar-refractivity contribution in [3.05, 3.63) is 69.7 Å². The number of aryl methyl sites for hydroxylation is 2. The van der Waals surface area contributed by atoms with Crippen LogP contribution in [0.25, 0.3) is 21.2 Å². The quantitative estimate of drug-likeness (QED) is 0.512. The van der Waals surface area contributed by atoms with Gasteiger partial charge >= 0.3 is 0 Å². The van der Waals surface area contributed by atoms with E-state index < -0.39 is 0 Å². The lowest BCUT2D eigenvalue weighted by atomic mass is 10.1. The molecule has 0 spiro atoms. The van der Waals surface area contributed by atoms with Gasteiger partial charge in [-0.1, -0.05) is 35.5 Å². The largest absolute Gasteiger partial charge is 0.355 e. The zero-order valence-corrected chi connectivity index (χ0v) is 16.5. The second kappa shape index (κ2) is 7.46. The number of aromatic nitrogens is 2. The standard InChI is InChI=1S/C20H17N3O2S2/c1-12-6-3-4-7-14(12)20-22-13(2)18(27-20)11-21-19(24)15-10-16(25-23-15)17-8-5-9-26-17/h3-10H,11H2,1-2H3,(H,21,24). The third-order valence-corrected chi connectivity index (χ3v) is 6.26. The summed E-state index contributed by atoms with van der Waals surface area (Å²) in [7, 11) is 0. The number of carbonyl (C=O) groups excluding carboxylic acids is 1. The van der Waals surface area contributed by atoms with Crippen molar-refractivity contribution in [2.45, 2.75) is 20.4 Å². The van der Waals surface area contributed by atoms with Gasteiger partial charge in [-0.15, -0.1) is 22.7 Å². The third kappa shape index (κ3) is 3.70. The van der Waals surface area contributed by atoms with Crippen molar-refractivity contribution in [2.24, 2.45) is 0 Å². The Morgan fingerprint density at radius 2 is 2.04 bits per heavy atom. The molecule has 3 aromatic heterocycles. The molecule has 4 rings (SSSR count). The van der Waals surface area contributed by atoms with E-state index in [1.807, 2.05) is 36.6 Å². The molecule has 4 aromatic rings. The molecule has 0 atom stereocenters. The van der Waals surface area contributed by atoms with Gasteiger partial charge in [-0.2, -0.15) is 0 Å². The zero-order chi connectivity index (χ0) is 18.8. The van der Waals surface area contributed by atoms with Crippen molar-refractivity contribution in [2.75, 3.05) is 0 Å². The molecule has 0 aliphatic heterocycles. The number of nitrogens with zero attached hydrogens (tertiary/aromatic N) is 2. The molecular weight excluding hydrogens is 378 g/mol. The van der Waals surface area contributed by atoms with E-state index >= 15 is 0 Å². The Morgan fingerprint density at radius 3 is 2.81 bits per heavy atom. The van der Waals surface area contributed by atoms with Crippen LogP contribution in [0.1, 0.15) is 26.6 Å². The second-order valence-electron chi connectivity index (χ2n) is 6.08. The number of carbonyl (C=O) groups is 1. The van der Waals surface area contributed by atoms with Gasteiger partial charge in [0.2, 0.25) is 0 Å². The third-order valence-electron chi connectivity index (χ3n) is 4.18. The summed E-state index contributed by atoms with van der Waals surface area (Å²) in [5.41, 5.74) is 3.52. The summed E-state index contributed by atoms with van der Waals surface area (Å²) in [6.07, 6.45) is 0. The Bertz CT molecular complexity index is 1080. The van der Waals surface area contributed by atoms with Gasteiger partial charge in [0.05, 0.1) is 17.1 Å². The Balaban J connectivity index is 1.46. The Hall–Kier alpha value is -2.77. The first-order valence-corrected chi connectivity index (χ1v) is 10.1. The summed E-state index contributed by atoms with van der Waals surface area (Å²) in [6, 6.07) is 13.7. The summed E-state index contributed by atoms with van der Waals surface area (Å²) in [5, 5.41) is 9.71. The number of rotatable bonds is 5. The molecule has 0 aliphatic rings. The number of amides is 1. The van der Waals surface area contributed by atoms with Gasteiger partial charge in [0, 0.05) is 16.5 Å². The van der Waals surface area contributed by atoms with Crippen LogP contribution < -0.4 is 5.32 Å². The fraction of sp³-hybridized carbons (Fsp3) is 0.150. The highest BCUT2D eigenvalue weighted by Gasteiger charge is 2.16. The molecule has 5 nitrogen and oxygen atoms in total. The molecule has 0 unspecified atom stereocenters. The van der Waals surface area contributed by atoms with E-state index in [1.165, 1.54) is 5.56 Å². The van der Waals surface area contributed by atoms with Gasteiger partial charge in [0.25, 0.3) is 5.91 Å². The lowest BCUT2D eigenvalue weighted by Gasteiger charge is -2.01. The average Bonchev–Trinajstić information content (AvgIpc) is 3.40. The van der Waals surface area contributed by atoms with E-state index in [1.54, 1.807) is 28.7 Å². The highest BCUT2D eigenvalue weighted by molar-refractivity contribution is 7.15. The van der Waals surface area contributed by atoms with Crippen LogP contribution in [0.3, 0.4) is 0 Å². The summed E-state index contributed by atoms with van der Waals surface area (Å²) in [5.74, 6) is 0.345. The number of hydrogen-bond donors (Lipinski definition) is 1. The maximum Gasteiger partial charge on any atom is 0.273 e. The smallest absolute Gasteiger partial charge is 0.273 e. The monoisotopic (exact) mass is 395 g/mol. The van der Waals surface area contributed by atoms with E-state index in [2.05, 4.69) is 34.5 Å². The minimum Gasteiger partial charge on any atom is -0.355 e. The summed E-state index contributed by atoms with van der Waals surface area (Å²) >= 11 is 3.14. The number of benzene rings is 1. The van der Waals surface area contributed by atoms with Crippen LogP contribution >= 0.6 is 22.7 Å². The molecule has 0 saturated heterocycles. The van der Waals surface area contributed by atoms with Crippen molar-refractivity contribution in [1.29, 1.82) is 0 Å². The van der Waals surface area contributed by atoms with Gasteiger partial charge in [-0.3, -0.25) is 4.79 Å². The van der Waals surface area contributed by atoms with Crippen LogP contribution in [0, 0.1) is 13.8 Å². The first-order chi connectivity index (χ1) is 13.1. The van der Waals surface area contributed by atoms with Crippen LogP contribution in [0.15, 0.2) is 52.4 Å². The minimum absolute atomic E-state index is 0.258. The first-order valence-electron chi connectivity index (χ1n) is 8.43. The SMILES string of the molecule is Cc1ccccc1-c1nc(C)c(CNC(=O)c2cc(-c3cccs3)on2)s1. The second-order valence-corrected chi connectivity index (χ2v) is 8.11. The normalized spacial score (nSPS) is 10.9. The molecule has 0 radical (unpaired) electrons. The fourth-order valence-electron chi connectivity index (χ4n) is 2.69. The maximum absolute atomic E-state index is 12.4. The summed E-state index contributed by atoms with van der Waals surface area (Å²) < 4.78 is 5.27. The highest BCUT2D eigenvalue weighted by Crippen LogP contribution is 2.30. The summed E-state index contributed by atoms with van der Waals surface area (Å²) in [4.78, 5) is 19.0. The lowest BCUT2D eigenvalue weighted by Crippen LogP contribution is -2.22. The molecule has 1 amide bonds. The first kappa shape index (κ1) is 17.6. The van der Waals surface area contributed by atoms with Crippen LogP contribution in [0.2, 0.25) is 0 Å². The minimum atomic E-state index is -0.258. The number of thiazole rings is 1. The molecule has 136 valence electrons. The van der Waals surface area contributed by atoms with Crippen molar-refractivity contribution < 1.29 is 9.32 Å². The van der Waals surface area contributed by atoms with Crippen LogP contribution in [-0.2, 0) is 6.54 Å². The van der Waals surface area contributed by atoms with E-state index in [0.717, 1.165) is 26.0 Å². The number of nitrogens with one attached hydrogen (secondary N) is 1. The van der Waals surface area contributed by atoms with Crippen molar-refractivity contribution in [3.8, 4) is 21.2 Å². The molecule has 0 aliphatic carbocycles. The lowest BCUT2D eigenvalue weighted by molar-refractivity contribution is 0.0942. The zero-order valence-electron chi connectivity index (χ0n) is 14.9. The fourth-order valence-corrected chi connectivity index (χ4v) is 4.45. The van der Waals surface area contributed by atoms with E-state index in [4.69, 9.17) is 4.52 Å². The van der Waals surface area contributed by atoms with Crippen LogP contribution in [0.4, 0.5) is 0 Å². The highest BCUT2D eigenvalue weighted by atomic mass is 32.1. The van der Waals surface area contributed by atoms with Crippen LogP contribution in [0.5, 0.6) is 0 Å². The molecule has 7 heteroatoms. The van der Waals surface area contributed by atoms with E-state index in [0.29, 0.717) is 12.3 Å². The molecule has 1 aromatic carbocycles. The van der Waals surface area contributed by atoms with E-state index in [9.17, 15) is 4.79 Å². The molecule has 1 N–H and O–H groups in total. The molecule has 0 saturated carbocycles. The topological polar surface area (TPSA) is 68.0 Å². The Labute approximate surface area is 164 Å². The van der Waals surface area contributed by atoms with Crippen molar-refractivity contribution in [3.63, 3.8) is 0 Å². The number of hydrogen-bond acceptors (Lipinski definition) is 6. The molecule has 0 fully saturated rings. The predicted molar refractivity (Wildman–Crippen MR) is 108 cm³/mol. The van der Waals surface area contributed by atoms with Crippen LogP contribution in [-0.4, -0.2) is 16.0 Å². The van der Waals surface area contributed by atoms with E-state index in [-0.39, 0.29) is 11.6 Å². The number of thiophene rings is 1. The summed E-state index contributed by atoms with van der Waals surface area (Å²) in [6.45, 7) is 4.45. The predicted octanol–water partition coefficient (Wildman–Crippen LogP) is 5.07. The van der Waals surface area contributed by atoms with Crippen molar-refractivity contribution in [1.82, 2.24) is 15.5 Å². The van der Waals surface area contributed by atoms with Gasteiger partial charge in [-0.05, 0) is 30.9 Å². The molecule has 27 heavy (non-hydrogen) atoms. The van der Waals surface area contributed by atoms with Crippen molar-refractivity contribution >= 4 is 28.6 Å². The molecule has 0 bridgehead atoms. The van der Waals surface area contributed by atoms with Gasteiger partial charge in [0.1, 0.15) is 5.01 Å².